The first kappa shape index (κ1) is 14.4. The van der Waals surface area contributed by atoms with E-state index in [1.807, 2.05) is 0 Å². The Morgan fingerprint density at radius 3 is 2.60 bits per heavy atom. The Morgan fingerprint density at radius 1 is 1.40 bits per heavy atom. The maximum atomic E-state index is 12.3. The van der Waals surface area contributed by atoms with Gasteiger partial charge >= 0.3 is 0 Å². The molecule has 0 atom stereocenters. The van der Waals surface area contributed by atoms with E-state index >= 15 is 0 Å². The quantitative estimate of drug-likeness (QED) is 0.849. The van der Waals surface area contributed by atoms with Crippen LogP contribution < -0.4 is 9.46 Å². The molecule has 0 aromatic heterocycles. The number of sulfonamides is 1. The van der Waals surface area contributed by atoms with Gasteiger partial charge in [-0.25, -0.2) is 13.1 Å². The van der Waals surface area contributed by atoms with Crippen molar-refractivity contribution in [3.05, 3.63) is 22.7 Å². The zero-order chi connectivity index (χ0) is 14.4. The molecule has 1 aromatic carbocycles. The van der Waals surface area contributed by atoms with E-state index in [1.165, 1.54) is 12.8 Å². The number of methoxy groups -OCH3 is 1. The number of hydrogen-bond donors (Lipinski definition) is 1. The Balaban J connectivity index is 1.73. The second-order valence-corrected chi connectivity index (χ2v) is 8.38. The third-order valence-corrected chi connectivity index (χ3v) is 6.40. The average Bonchev–Trinajstić information content (AvgIpc) is 3.28. The lowest BCUT2D eigenvalue weighted by atomic mass is 10.0. The molecule has 2 aliphatic rings. The molecule has 0 aliphatic heterocycles. The van der Waals surface area contributed by atoms with Crippen LogP contribution in [0, 0.1) is 11.3 Å². The third kappa shape index (κ3) is 2.73. The van der Waals surface area contributed by atoms with E-state index in [9.17, 15) is 8.42 Å². The summed E-state index contributed by atoms with van der Waals surface area (Å²) in [7, 11) is -1.89. The molecular weight excluding hydrogens is 342 g/mol. The van der Waals surface area contributed by atoms with Gasteiger partial charge < -0.3 is 4.74 Å². The second-order valence-electron chi connectivity index (χ2n) is 5.76. The molecule has 0 unspecified atom stereocenters. The molecule has 0 heterocycles. The molecule has 0 saturated heterocycles. The number of halogens is 1. The summed E-state index contributed by atoms with van der Waals surface area (Å²) in [5.74, 6) is 1.37. The van der Waals surface area contributed by atoms with Gasteiger partial charge in [-0.2, -0.15) is 0 Å². The summed E-state index contributed by atoms with van der Waals surface area (Å²) in [6.45, 7) is 0.573. The summed E-state index contributed by atoms with van der Waals surface area (Å²) in [6.07, 6.45) is 4.84. The Kier molecular flexibility index (Phi) is 3.59. The van der Waals surface area contributed by atoms with Crippen LogP contribution in [-0.2, 0) is 10.0 Å². The van der Waals surface area contributed by atoms with Gasteiger partial charge in [-0.3, -0.25) is 0 Å². The minimum Gasteiger partial charge on any atom is -0.496 e. The van der Waals surface area contributed by atoms with Crippen molar-refractivity contribution in [3.63, 3.8) is 0 Å². The van der Waals surface area contributed by atoms with Crippen LogP contribution in [0.25, 0.3) is 0 Å². The van der Waals surface area contributed by atoms with Gasteiger partial charge in [0.1, 0.15) is 5.75 Å². The molecule has 1 N–H and O–H groups in total. The molecule has 1 aromatic rings. The smallest absolute Gasteiger partial charge is 0.240 e. The molecule has 0 spiro atoms. The first-order chi connectivity index (χ1) is 9.47. The van der Waals surface area contributed by atoms with Crippen molar-refractivity contribution in [2.45, 2.75) is 30.6 Å². The summed E-state index contributed by atoms with van der Waals surface area (Å²) in [6, 6.07) is 4.81. The predicted octanol–water partition coefficient (Wildman–Crippen LogP) is 2.93. The van der Waals surface area contributed by atoms with Gasteiger partial charge in [-0.1, -0.05) is 0 Å². The molecule has 2 saturated carbocycles. The SMILES string of the molecule is COc1ccc(S(=O)(=O)NCC2(C3CC3)CC2)cc1Br. The zero-order valence-corrected chi connectivity index (χ0v) is 13.8. The first-order valence-electron chi connectivity index (χ1n) is 6.80. The molecule has 0 amide bonds. The normalized spacial score (nSPS) is 20.7. The van der Waals surface area contributed by atoms with Gasteiger partial charge in [0.25, 0.3) is 0 Å². The number of benzene rings is 1. The molecule has 2 aliphatic carbocycles. The maximum absolute atomic E-state index is 12.3. The van der Waals surface area contributed by atoms with Crippen molar-refractivity contribution < 1.29 is 13.2 Å². The van der Waals surface area contributed by atoms with E-state index in [1.54, 1.807) is 25.3 Å². The largest absolute Gasteiger partial charge is 0.496 e. The lowest BCUT2D eigenvalue weighted by Gasteiger charge is -2.15. The third-order valence-electron chi connectivity index (χ3n) is 4.38. The van der Waals surface area contributed by atoms with E-state index in [4.69, 9.17) is 4.74 Å². The van der Waals surface area contributed by atoms with Gasteiger partial charge in [0.2, 0.25) is 10.0 Å². The number of nitrogens with one attached hydrogen (secondary N) is 1. The van der Waals surface area contributed by atoms with E-state index in [2.05, 4.69) is 20.7 Å². The Labute approximate surface area is 128 Å². The minimum absolute atomic E-state index is 0.261. The fourth-order valence-corrected chi connectivity index (χ4v) is 4.58. The van der Waals surface area contributed by atoms with Crippen LogP contribution in [0.3, 0.4) is 0 Å². The van der Waals surface area contributed by atoms with E-state index in [0.717, 1.165) is 18.8 Å². The fourth-order valence-electron chi connectivity index (χ4n) is 2.72. The van der Waals surface area contributed by atoms with Crippen LogP contribution in [0.5, 0.6) is 5.75 Å². The average molecular weight is 360 g/mol. The van der Waals surface area contributed by atoms with E-state index < -0.39 is 10.0 Å². The second kappa shape index (κ2) is 5.00. The van der Waals surface area contributed by atoms with Crippen LogP contribution >= 0.6 is 15.9 Å². The van der Waals surface area contributed by atoms with Gasteiger partial charge in [-0.05, 0) is 71.1 Å². The molecule has 6 heteroatoms. The van der Waals surface area contributed by atoms with E-state index in [0.29, 0.717) is 16.8 Å². The van der Waals surface area contributed by atoms with Crippen molar-refractivity contribution in [2.75, 3.05) is 13.7 Å². The molecule has 3 rings (SSSR count). The van der Waals surface area contributed by atoms with Crippen LogP contribution in [0.2, 0.25) is 0 Å². The summed E-state index contributed by atoms with van der Waals surface area (Å²) in [5.41, 5.74) is 0.261. The Morgan fingerprint density at radius 2 is 2.10 bits per heavy atom. The van der Waals surface area contributed by atoms with Gasteiger partial charge in [0.05, 0.1) is 16.5 Å². The van der Waals surface area contributed by atoms with Gasteiger partial charge in [-0.15, -0.1) is 0 Å². The highest BCUT2D eigenvalue weighted by Gasteiger charge is 2.53. The lowest BCUT2D eigenvalue weighted by molar-refractivity contribution is 0.411. The zero-order valence-electron chi connectivity index (χ0n) is 11.4. The summed E-state index contributed by atoms with van der Waals surface area (Å²) >= 11 is 3.32. The summed E-state index contributed by atoms with van der Waals surface area (Å²) in [4.78, 5) is 0.275. The molecule has 4 nitrogen and oxygen atoms in total. The standard InChI is InChI=1S/C14H18BrNO3S/c1-19-13-5-4-11(8-12(13)15)20(17,18)16-9-14(6-7-14)10-2-3-10/h4-5,8,10,16H,2-3,6-7,9H2,1H3. The maximum Gasteiger partial charge on any atom is 0.240 e. The highest BCUT2D eigenvalue weighted by Crippen LogP contribution is 2.60. The van der Waals surface area contributed by atoms with Crippen LogP contribution in [0.4, 0.5) is 0 Å². The molecule has 2 fully saturated rings. The van der Waals surface area contributed by atoms with Crippen molar-refractivity contribution in [1.29, 1.82) is 0 Å². The number of rotatable bonds is 6. The van der Waals surface area contributed by atoms with Crippen molar-refractivity contribution in [2.24, 2.45) is 11.3 Å². The van der Waals surface area contributed by atoms with Crippen LogP contribution in [-0.4, -0.2) is 22.1 Å². The number of ether oxygens (including phenoxy) is 1. The molecule has 20 heavy (non-hydrogen) atoms. The Hall–Kier alpha value is -0.590. The highest BCUT2D eigenvalue weighted by atomic mass is 79.9. The monoisotopic (exact) mass is 359 g/mol. The van der Waals surface area contributed by atoms with Gasteiger partial charge in [0.15, 0.2) is 0 Å². The summed E-state index contributed by atoms with van der Waals surface area (Å²) in [5, 5.41) is 0. The minimum atomic E-state index is -3.44. The lowest BCUT2D eigenvalue weighted by Crippen LogP contribution is -2.31. The molecular formula is C14H18BrNO3S. The molecule has 0 radical (unpaired) electrons. The number of hydrogen-bond acceptors (Lipinski definition) is 3. The molecule has 0 bridgehead atoms. The molecule has 110 valence electrons. The van der Waals surface area contributed by atoms with Crippen molar-refractivity contribution in [1.82, 2.24) is 4.72 Å². The highest BCUT2D eigenvalue weighted by molar-refractivity contribution is 9.10. The van der Waals surface area contributed by atoms with Crippen molar-refractivity contribution >= 4 is 26.0 Å². The van der Waals surface area contributed by atoms with Crippen molar-refractivity contribution in [3.8, 4) is 5.75 Å². The van der Waals surface area contributed by atoms with Gasteiger partial charge in [0, 0.05) is 6.54 Å². The van der Waals surface area contributed by atoms with Crippen LogP contribution in [0.1, 0.15) is 25.7 Å². The first-order valence-corrected chi connectivity index (χ1v) is 9.08. The fraction of sp³-hybridized carbons (Fsp3) is 0.571. The van der Waals surface area contributed by atoms with Crippen LogP contribution in [0.15, 0.2) is 27.6 Å². The Bertz CT molecular complexity index is 621. The summed E-state index contributed by atoms with van der Waals surface area (Å²) < 4.78 is 33.2. The van der Waals surface area contributed by atoms with E-state index in [-0.39, 0.29) is 10.3 Å². The topological polar surface area (TPSA) is 55.4 Å². The predicted molar refractivity (Wildman–Crippen MR) is 80.3 cm³/mol.